The predicted octanol–water partition coefficient (Wildman–Crippen LogP) is 4.22. The van der Waals surface area contributed by atoms with Crippen molar-refractivity contribution in [2.45, 2.75) is 25.0 Å². The molecule has 0 radical (unpaired) electrons. The first-order valence-electron chi connectivity index (χ1n) is 7.65. The molecule has 0 amide bonds. The molecule has 0 saturated carbocycles. The zero-order valence-corrected chi connectivity index (χ0v) is 14.1. The molecule has 2 aromatic rings. The summed E-state index contributed by atoms with van der Waals surface area (Å²) in [6.07, 6.45) is 2.14. The smallest absolute Gasteiger partial charge is 0.119 e. The molecule has 1 heterocycles. The van der Waals surface area contributed by atoms with E-state index in [0.717, 1.165) is 19.4 Å². The Morgan fingerprint density at radius 2 is 1.68 bits per heavy atom. The maximum Gasteiger partial charge on any atom is 0.119 e. The number of benzene rings is 2. The molecular weight excluding hydrogens is 294 g/mol. The van der Waals surface area contributed by atoms with Crippen molar-refractivity contribution in [3.8, 4) is 0 Å². The van der Waals surface area contributed by atoms with Crippen LogP contribution in [0.3, 0.4) is 0 Å². The Labute approximate surface area is 139 Å². The maximum absolute atomic E-state index is 6.36. The van der Waals surface area contributed by atoms with Gasteiger partial charge >= 0.3 is 0 Å². The van der Waals surface area contributed by atoms with Crippen LogP contribution in [0.25, 0.3) is 0 Å². The van der Waals surface area contributed by atoms with Crippen molar-refractivity contribution >= 4 is 12.4 Å². The summed E-state index contributed by atoms with van der Waals surface area (Å²) in [5.74, 6) is 0. The zero-order chi connectivity index (χ0) is 14.7. The van der Waals surface area contributed by atoms with Crippen molar-refractivity contribution in [1.29, 1.82) is 0 Å². The zero-order valence-electron chi connectivity index (χ0n) is 13.3. The molecule has 0 bridgehead atoms. The molecular formula is C19H24ClNO. The number of hydrogen-bond acceptors (Lipinski definition) is 2. The Morgan fingerprint density at radius 3 is 2.41 bits per heavy atom. The Kier molecular flexibility index (Phi) is 5.63. The minimum atomic E-state index is -0.270. The normalized spacial score (nSPS) is 19.8. The second kappa shape index (κ2) is 7.28. The van der Waals surface area contributed by atoms with E-state index in [4.69, 9.17) is 4.74 Å². The average Bonchev–Trinajstić information content (AvgIpc) is 2.88. The Morgan fingerprint density at radius 1 is 1.00 bits per heavy atom. The van der Waals surface area contributed by atoms with Gasteiger partial charge in [0.25, 0.3) is 0 Å². The molecule has 2 nitrogen and oxygen atoms in total. The van der Waals surface area contributed by atoms with E-state index in [1.165, 1.54) is 16.7 Å². The van der Waals surface area contributed by atoms with E-state index < -0.39 is 0 Å². The molecule has 1 aliphatic heterocycles. The van der Waals surface area contributed by atoms with E-state index in [1.54, 1.807) is 0 Å². The summed E-state index contributed by atoms with van der Waals surface area (Å²) in [5, 5.41) is 0. The Hall–Kier alpha value is -1.35. The van der Waals surface area contributed by atoms with Crippen molar-refractivity contribution in [2.75, 3.05) is 20.6 Å². The SMILES string of the molecule is CN(C)CCCC1(c2ccccc2)OCc2ccccc21.Cl. The summed E-state index contributed by atoms with van der Waals surface area (Å²) in [4.78, 5) is 2.24. The van der Waals surface area contributed by atoms with Crippen LogP contribution in [0.1, 0.15) is 29.5 Å². The molecule has 1 atom stereocenters. The van der Waals surface area contributed by atoms with Crippen molar-refractivity contribution in [1.82, 2.24) is 4.90 Å². The van der Waals surface area contributed by atoms with Gasteiger partial charge in [0, 0.05) is 0 Å². The van der Waals surface area contributed by atoms with E-state index in [0.29, 0.717) is 6.61 Å². The topological polar surface area (TPSA) is 12.5 Å². The summed E-state index contributed by atoms with van der Waals surface area (Å²) < 4.78 is 6.36. The van der Waals surface area contributed by atoms with Gasteiger partial charge in [-0.05, 0) is 50.2 Å². The largest absolute Gasteiger partial charge is 0.361 e. The number of hydrogen-bond donors (Lipinski definition) is 0. The molecule has 2 aromatic carbocycles. The first kappa shape index (κ1) is 17.0. The van der Waals surface area contributed by atoms with Crippen molar-refractivity contribution in [3.63, 3.8) is 0 Å². The predicted molar refractivity (Wildman–Crippen MR) is 93.5 cm³/mol. The van der Waals surface area contributed by atoms with Crippen LogP contribution in [0, 0.1) is 0 Å². The van der Waals surface area contributed by atoms with Gasteiger partial charge in [0.15, 0.2) is 0 Å². The van der Waals surface area contributed by atoms with E-state index in [9.17, 15) is 0 Å². The van der Waals surface area contributed by atoms with Gasteiger partial charge in [0.2, 0.25) is 0 Å². The molecule has 0 aromatic heterocycles. The average molecular weight is 318 g/mol. The van der Waals surface area contributed by atoms with Crippen molar-refractivity contribution in [3.05, 3.63) is 71.3 Å². The monoisotopic (exact) mass is 317 g/mol. The number of rotatable bonds is 5. The summed E-state index contributed by atoms with van der Waals surface area (Å²) in [6.45, 7) is 1.80. The third kappa shape index (κ3) is 3.19. The molecule has 0 N–H and O–H groups in total. The summed E-state index contributed by atoms with van der Waals surface area (Å²) >= 11 is 0. The minimum Gasteiger partial charge on any atom is -0.361 e. The highest BCUT2D eigenvalue weighted by molar-refractivity contribution is 5.85. The summed E-state index contributed by atoms with van der Waals surface area (Å²) in [5.41, 5.74) is 3.67. The van der Waals surface area contributed by atoms with Gasteiger partial charge in [-0.2, -0.15) is 0 Å². The standard InChI is InChI=1S/C19H23NO.ClH/c1-20(2)14-8-13-19(17-10-4-3-5-11-17)18-12-7-6-9-16(18)15-21-19;/h3-7,9-12H,8,13-15H2,1-2H3;1H. The lowest BCUT2D eigenvalue weighted by molar-refractivity contribution is -0.0139. The minimum absolute atomic E-state index is 0. The Bertz CT molecular complexity index is 599. The van der Waals surface area contributed by atoms with Crippen molar-refractivity contribution < 1.29 is 4.74 Å². The highest BCUT2D eigenvalue weighted by Crippen LogP contribution is 2.45. The molecule has 118 valence electrons. The molecule has 0 spiro atoms. The highest BCUT2D eigenvalue weighted by atomic mass is 35.5. The van der Waals surface area contributed by atoms with E-state index in [2.05, 4.69) is 73.6 Å². The number of halogens is 1. The molecule has 22 heavy (non-hydrogen) atoms. The van der Waals surface area contributed by atoms with Gasteiger partial charge in [-0.25, -0.2) is 0 Å². The van der Waals surface area contributed by atoms with Crippen LogP contribution in [-0.2, 0) is 16.9 Å². The lowest BCUT2D eigenvalue weighted by Crippen LogP contribution is -2.28. The van der Waals surface area contributed by atoms with Gasteiger partial charge in [-0.15, -0.1) is 12.4 Å². The molecule has 3 heteroatoms. The van der Waals surface area contributed by atoms with Gasteiger partial charge in [0.1, 0.15) is 5.60 Å². The van der Waals surface area contributed by atoms with Crippen LogP contribution in [-0.4, -0.2) is 25.5 Å². The third-order valence-corrected chi connectivity index (χ3v) is 4.30. The lowest BCUT2D eigenvalue weighted by Gasteiger charge is -2.31. The molecule has 0 aliphatic carbocycles. The van der Waals surface area contributed by atoms with Crippen LogP contribution in [0.4, 0.5) is 0 Å². The summed E-state index contributed by atoms with van der Waals surface area (Å²) in [7, 11) is 4.25. The van der Waals surface area contributed by atoms with Crippen LogP contribution in [0.2, 0.25) is 0 Å². The van der Waals surface area contributed by atoms with E-state index in [1.807, 2.05) is 0 Å². The molecule has 0 saturated heterocycles. The van der Waals surface area contributed by atoms with Crippen LogP contribution in [0.5, 0.6) is 0 Å². The van der Waals surface area contributed by atoms with Crippen LogP contribution < -0.4 is 0 Å². The first-order valence-corrected chi connectivity index (χ1v) is 7.65. The van der Waals surface area contributed by atoms with Gasteiger partial charge < -0.3 is 9.64 Å². The third-order valence-electron chi connectivity index (χ3n) is 4.30. The number of nitrogens with zero attached hydrogens (tertiary/aromatic N) is 1. The lowest BCUT2D eigenvalue weighted by atomic mass is 9.82. The molecule has 0 fully saturated rings. The van der Waals surface area contributed by atoms with Crippen LogP contribution in [0.15, 0.2) is 54.6 Å². The molecule has 1 unspecified atom stereocenters. The number of ether oxygens (including phenoxy) is 1. The maximum atomic E-state index is 6.36. The number of fused-ring (bicyclic) bond motifs is 1. The highest BCUT2D eigenvalue weighted by Gasteiger charge is 2.40. The Balaban J connectivity index is 0.00000176. The fourth-order valence-corrected chi connectivity index (χ4v) is 3.26. The second-order valence-electron chi connectivity index (χ2n) is 6.05. The van der Waals surface area contributed by atoms with Gasteiger partial charge in [0.05, 0.1) is 6.61 Å². The first-order chi connectivity index (χ1) is 10.2. The quantitative estimate of drug-likeness (QED) is 0.818. The van der Waals surface area contributed by atoms with Crippen LogP contribution >= 0.6 is 12.4 Å². The van der Waals surface area contributed by atoms with E-state index in [-0.39, 0.29) is 18.0 Å². The summed E-state index contributed by atoms with van der Waals surface area (Å²) in [6, 6.07) is 19.3. The fraction of sp³-hybridized carbons (Fsp3) is 0.368. The second-order valence-corrected chi connectivity index (χ2v) is 6.05. The fourth-order valence-electron chi connectivity index (χ4n) is 3.26. The van der Waals surface area contributed by atoms with Gasteiger partial charge in [-0.3, -0.25) is 0 Å². The van der Waals surface area contributed by atoms with Gasteiger partial charge in [-0.1, -0.05) is 54.6 Å². The molecule has 1 aliphatic rings. The van der Waals surface area contributed by atoms with E-state index >= 15 is 0 Å². The molecule has 3 rings (SSSR count). The van der Waals surface area contributed by atoms with Crippen molar-refractivity contribution in [2.24, 2.45) is 0 Å².